The van der Waals surface area contributed by atoms with Crippen molar-refractivity contribution in [1.82, 2.24) is 0 Å². The van der Waals surface area contributed by atoms with Crippen LogP contribution in [-0.4, -0.2) is 5.91 Å². The van der Waals surface area contributed by atoms with Gasteiger partial charge >= 0.3 is 0 Å². The lowest BCUT2D eigenvalue weighted by molar-refractivity contribution is -0.116. The molecule has 1 aliphatic rings. The highest BCUT2D eigenvalue weighted by atomic mass is 16.2. The molecule has 2 unspecified atom stereocenters. The monoisotopic (exact) mass is 294 g/mol. The second-order valence-corrected chi connectivity index (χ2v) is 6.28. The third-order valence-corrected chi connectivity index (χ3v) is 4.85. The van der Waals surface area contributed by atoms with Gasteiger partial charge in [0, 0.05) is 5.69 Å². The van der Waals surface area contributed by atoms with E-state index in [1.807, 2.05) is 6.92 Å². The highest BCUT2D eigenvalue weighted by Gasteiger charge is 2.30. The van der Waals surface area contributed by atoms with E-state index in [9.17, 15) is 4.79 Å². The van der Waals surface area contributed by atoms with Crippen LogP contribution in [0.2, 0.25) is 0 Å². The number of nitrogens with two attached hydrogens (primary N) is 1. The Morgan fingerprint density at radius 1 is 1.09 bits per heavy atom. The average molecular weight is 294 g/mol. The predicted molar refractivity (Wildman–Crippen MR) is 90.2 cm³/mol. The van der Waals surface area contributed by atoms with Crippen LogP contribution in [0.3, 0.4) is 0 Å². The Balaban J connectivity index is 2.10. The van der Waals surface area contributed by atoms with E-state index in [4.69, 9.17) is 5.73 Å². The minimum atomic E-state index is -0.174. The molecule has 3 heteroatoms. The van der Waals surface area contributed by atoms with Crippen LogP contribution in [0.1, 0.15) is 52.3 Å². The standard InChI is InChI=1S/C19H22N2O/c1-10-5-7-14(8-6-10)17(20)15-9-16-13(4)19(22)21-18(16)12(3)11(15)2/h5-9,13,17H,20H2,1-4H3,(H,21,22). The molecule has 0 fully saturated rings. The largest absolute Gasteiger partial charge is 0.325 e. The zero-order valence-electron chi connectivity index (χ0n) is 13.5. The molecule has 0 bridgehead atoms. The van der Waals surface area contributed by atoms with Gasteiger partial charge in [0.1, 0.15) is 0 Å². The first kappa shape index (κ1) is 14.8. The molecule has 22 heavy (non-hydrogen) atoms. The molecule has 2 aromatic rings. The molecule has 0 spiro atoms. The molecule has 0 saturated carbocycles. The van der Waals surface area contributed by atoms with E-state index >= 15 is 0 Å². The van der Waals surface area contributed by atoms with E-state index in [0.29, 0.717) is 0 Å². The molecule has 114 valence electrons. The highest BCUT2D eigenvalue weighted by Crippen LogP contribution is 2.39. The van der Waals surface area contributed by atoms with Crippen LogP contribution in [0.5, 0.6) is 0 Å². The summed E-state index contributed by atoms with van der Waals surface area (Å²) in [6, 6.07) is 10.2. The second kappa shape index (κ2) is 5.25. The van der Waals surface area contributed by atoms with Gasteiger partial charge in [-0.15, -0.1) is 0 Å². The number of aryl methyl sites for hydroxylation is 1. The maximum atomic E-state index is 11.9. The summed E-state index contributed by atoms with van der Waals surface area (Å²) in [4.78, 5) is 11.9. The van der Waals surface area contributed by atoms with Gasteiger partial charge in [-0.1, -0.05) is 35.9 Å². The Kier molecular flexibility index (Phi) is 3.53. The van der Waals surface area contributed by atoms with E-state index in [-0.39, 0.29) is 17.9 Å². The Hall–Kier alpha value is -2.13. The Morgan fingerprint density at radius 3 is 2.36 bits per heavy atom. The van der Waals surface area contributed by atoms with Crippen molar-refractivity contribution >= 4 is 11.6 Å². The fourth-order valence-corrected chi connectivity index (χ4v) is 3.12. The molecule has 0 aliphatic carbocycles. The summed E-state index contributed by atoms with van der Waals surface area (Å²) in [6.07, 6.45) is 0. The summed E-state index contributed by atoms with van der Waals surface area (Å²) < 4.78 is 0. The first-order valence-corrected chi connectivity index (χ1v) is 7.67. The number of benzene rings is 2. The molecule has 3 nitrogen and oxygen atoms in total. The minimum absolute atomic E-state index is 0.0681. The number of amides is 1. The van der Waals surface area contributed by atoms with Crippen LogP contribution >= 0.6 is 0 Å². The van der Waals surface area contributed by atoms with Gasteiger partial charge in [0.25, 0.3) is 0 Å². The quantitative estimate of drug-likeness (QED) is 0.887. The van der Waals surface area contributed by atoms with Gasteiger partial charge in [-0.3, -0.25) is 4.79 Å². The SMILES string of the molecule is Cc1ccc(C(N)c2cc3c(c(C)c2C)NC(=O)C3C)cc1. The third kappa shape index (κ3) is 2.22. The van der Waals surface area contributed by atoms with Crippen molar-refractivity contribution in [1.29, 1.82) is 0 Å². The number of anilines is 1. The average Bonchev–Trinajstić information content (AvgIpc) is 2.79. The smallest absolute Gasteiger partial charge is 0.231 e. The summed E-state index contributed by atoms with van der Waals surface area (Å²) in [7, 11) is 0. The van der Waals surface area contributed by atoms with Gasteiger partial charge in [-0.05, 0) is 55.5 Å². The Bertz CT molecular complexity index is 747. The minimum Gasteiger partial charge on any atom is -0.325 e. The fraction of sp³-hybridized carbons (Fsp3) is 0.316. The second-order valence-electron chi connectivity index (χ2n) is 6.28. The van der Waals surface area contributed by atoms with Crippen molar-refractivity contribution in [2.24, 2.45) is 5.73 Å². The van der Waals surface area contributed by atoms with Crippen LogP contribution < -0.4 is 11.1 Å². The molecule has 1 aliphatic heterocycles. The molecule has 1 heterocycles. The van der Waals surface area contributed by atoms with Crippen molar-refractivity contribution in [3.63, 3.8) is 0 Å². The van der Waals surface area contributed by atoms with Gasteiger partial charge in [0.05, 0.1) is 12.0 Å². The number of fused-ring (bicyclic) bond motifs is 1. The molecule has 2 aromatic carbocycles. The summed E-state index contributed by atoms with van der Waals surface area (Å²) in [5.41, 5.74) is 14.2. The van der Waals surface area contributed by atoms with Crippen molar-refractivity contribution in [3.8, 4) is 0 Å². The zero-order valence-corrected chi connectivity index (χ0v) is 13.5. The zero-order chi connectivity index (χ0) is 16.0. The van der Waals surface area contributed by atoms with Gasteiger partial charge in [-0.2, -0.15) is 0 Å². The fourth-order valence-electron chi connectivity index (χ4n) is 3.12. The maximum Gasteiger partial charge on any atom is 0.231 e. The van der Waals surface area contributed by atoms with Gasteiger partial charge in [0.15, 0.2) is 0 Å². The van der Waals surface area contributed by atoms with E-state index in [1.54, 1.807) is 0 Å². The van der Waals surface area contributed by atoms with E-state index in [2.05, 4.69) is 56.4 Å². The molecule has 0 radical (unpaired) electrons. The van der Waals surface area contributed by atoms with Crippen molar-refractivity contribution in [2.45, 2.75) is 39.7 Å². The summed E-state index contributed by atoms with van der Waals surface area (Å²) in [5.74, 6) is -0.0446. The van der Waals surface area contributed by atoms with E-state index in [0.717, 1.165) is 33.5 Å². The number of rotatable bonds is 2. The third-order valence-electron chi connectivity index (χ3n) is 4.85. The highest BCUT2D eigenvalue weighted by molar-refractivity contribution is 6.03. The van der Waals surface area contributed by atoms with Gasteiger partial charge in [0.2, 0.25) is 5.91 Å². The first-order chi connectivity index (χ1) is 10.4. The van der Waals surface area contributed by atoms with Crippen LogP contribution in [-0.2, 0) is 4.79 Å². The summed E-state index contributed by atoms with van der Waals surface area (Å²) in [5, 5.41) is 2.99. The molecule has 0 saturated heterocycles. The van der Waals surface area contributed by atoms with Crippen LogP contribution in [0, 0.1) is 20.8 Å². The molecular weight excluding hydrogens is 272 g/mol. The maximum absolute atomic E-state index is 11.9. The lowest BCUT2D eigenvalue weighted by atomic mass is 9.88. The molecule has 3 rings (SSSR count). The number of hydrogen-bond donors (Lipinski definition) is 2. The van der Waals surface area contributed by atoms with Crippen LogP contribution in [0.25, 0.3) is 0 Å². The number of hydrogen-bond acceptors (Lipinski definition) is 2. The molecule has 0 aromatic heterocycles. The number of carbonyl (C=O) groups is 1. The van der Waals surface area contributed by atoms with Crippen molar-refractivity contribution in [2.75, 3.05) is 5.32 Å². The molecule has 3 N–H and O–H groups in total. The Morgan fingerprint density at radius 2 is 1.73 bits per heavy atom. The lowest BCUT2D eigenvalue weighted by Crippen LogP contribution is -2.14. The number of nitrogens with one attached hydrogen (secondary N) is 1. The predicted octanol–water partition coefficient (Wildman–Crippen LogP) is 3.72. The topological polar surface area (TPSA) is 55.1 Å². The summed E-state index contributed by atoms with van der Waals surface area (Å²) >= 11 is 0. The van der Waals surface area contributed by atoms with Crippen molar-refractivity contribution in [3.05, 3.63) is 63.7 Å². The lowest BCUT2D eigenvalue weighted by Gasteiger charge is -2.20. The normalized spacial score (nSPS) is 18.0. The number of carbonyl (C=O) groups excluding carboxylic acids is 1. The van der Waals surface area contributed by atoms with Gasteiger partial charge < -0.3 is 11.1 Å². The molecule has 1 amide bonds. The first-order valence-electron chi connectivity index (χ1n) is 7.67. The van der Waals surface area contributed by atoms with Crippen LogP contribution in [0.15, 0.2) is 30.3 Å². The van der Waals surface area contributed by atoms with E-state index < -0.39 is 0 Å². The molecule has 2 atom stereocenters. The van der Waals surface area contributed by atoms with Crippen molar-refractivity contribution < 1.29 is 4.79 Å². The summed E-state index contributed by atoms with van der Waals surface area (Å²) in [6.45, 7) is 8.14. The van der Waals surface area contributed by atoms with Gasteiger partial charge in [-0.25, -0.2) is 0 Å². The molecular formula is C19H22N2O. The Labute approximate surface area is 131 Å². The van der Waals surface area contributed by atoms with E-state index in [1.165, 1.54) is 5.56 Å². The van der Waals surface area contributed by atoms with Crippen LogP contribution in [0.4, 0.5) is 5.69 Å².